The van der Waals surface area contributed by atoms with Gasteiger partial charge in [0.05, 0.1) is 11.3 Å². The number of aryl methyl sites for hydroxylation is 1. The molecule has 28 heavy (non-hydrogen) atoms. The summed E-state index contributed by atoms with van der Waals surface area (Å²) in [6.07, 6.45) is 10.2. The third-order valence-electron chi connectivity index (χ3n) is 6.48. The van der Waals surface area contributed by atoms with E-state index in [0.29, 0.717) is 23.7 Å². The normalized spacial score (nSPS) is 24.7. The smallest absolute Gasteiger partial charge is 0.252 e. The average molecular weight is 378 g/mol. The largest absolute Gasteiger partial charge is 0.381 e. The first-order chi connectivity index (χ1) is 13.6. The van der Waals surface area contributed by atoms with Gasteiger partial charge in [0.2, 0.25) is 0 Å². The van der Waals surface area contributed by atoms with E-state index in [1.807, 2.05) is 12.3 Å². The van der Waals surface area contributed by atoms with Crippen molar-refractivity contribution < 1.29 is 4.79 Å². The summed E-state index contributed by atoms with van der Waals surface area (Å²) in [5.74, 6) is -0.442. The lowest BCUT2D eigenvalue weighted by Crippen LogP contribution is -2.46. The monoisotopic (exact) mass is 378 g/mol. The van der Waals surface area contributed by atoms with Gasteiger partial charge >= 0.3 is 0 Å². The molecular weight excluding hydrogens is 352 g/mol. The standard InChI is InChI=1S/C21H26N6O/c1-26-8-2-3-16(26)12-27-14-4-5-15(27)10-13(9-14)25-19-17-6-7-23-21(17)24-11-18(19)20(22)28/h2-3,6-8,11,13-15H,4-5,9-10,12H2,1H3,(H2,22,28)(H2,23,24,25)/t14-,15-/m0/s1. The molecule has 2 aliphatic heterocycles. The Morgan fingerprint density at radius 2 is 2.11 bits per heavy atom. The number of aromatic nitrogens is 3. The van der Waals surface area contributed by atoms with E-state index in [2.05, 4.69) is 50.1 Å². The van der Waals surface area contributed by atoms with Crippen molar-refractivity contribution in [3.05, 3.63) is 48.0 Å². The van der Waals surface area contributed by atoms with Crippen molar-refractivity contribution in [1.82, 2.24) is 19.4 Å². The molecule has 3 aromatic rings. The first kappa shape index (κ1) is 17.3. The number of primary amides is 1. The van der Waals surface area contributed by atoms with Crippen LogP contribution in [0.5, 0.6) is 0 Å². The second-order valence-corrected chi connectivity index (χ2v) is 8.13. The Hall–Kier alpha value is -2.80. The molecule has 7 heteroatoms. The molecule has 0 aromatic carbocycles. The number of hydrogen-bond donors (Lipinski definition) is 3. The Balaban J connectivity index is 1.37. The molecule has 2 fully saturated rings. The lowest BCUT2D eigenvalue weighted by atomic mass is 9.96. The highest BCUT2D eigenvalue weighted by atomic mass is 16.1. The zero-order chi connectivity index (χ0) is 19.3. The molecule has 1 amide bonds. The zero-order valence-electron chi connectivity index (χ0n) is 16.1. The van der Waals surface area contributed by atoms with E-state index in [1.54, 1.807) is 6.20 Å². The molecule has 7 nitrogen and oxygen atoms in total. The van der Waals surface area contributed by atoms with Crippen molar-refractivity contribution in [2.45, 2.75) is 50.4 Å². The molecular formula is C21H26N6O. The Morgan fingerprint density at radius 1 is 1.32 bits per heavy atom. The van der Waals surface area contributed by atoms with Crippen molar-refractivity contribution >= 4 is 22.6 Å². The quantitative estimate of drug-likeness (QED) is 0.636. The Morgan fingerprint density at radius 3 is 2.79 bits per heavy atom. The number of hydrogen-bond acceptors (Lipinski definition) is 4. The summed E-state index contributed by atoms with van der Waals surface area (Å²) in [5.41, 5.74) is 9.04. The molecule has 0 unspecified atom stereocenters. The van der Waals surface area contributed by atoms with E-state index in [9.17, 15) is 4.79 Å². The first-order valence-corrected chi connectivity index (χ1v) is 9.98. The first-order valence-electron chi connectivity index (χ1n) is 9.98. The summed E-state index contributed by atoms with van der Waals surface area (Å²) in [6, 6.07) is 7.76. The van der Waals surface area contributed by atoms with Crippen LogP contribution in [-0.2, 0) is 13.6 Å². The van der Waals surface area contributed by atoms with E-state index < -0.39 is 5.91 Å². The molecule has 146 valence electrons. The number of amides is 1. The number of anilines is 1. The predicted molar refractivity (Wildman–Crippen MR) is 109 cm³/mol. The minimum Gasteiger partial charge on any atom is -0.381 e. The van der Waals surface area contributed by atoms with E-state index in [1.165, 1.54) is 18.5 Å². The number of fused-ring (bicyclic) bond motifs is 3. The van der Waals surface area contributed by atoms with Crippen LogP contribution in [0.2, 0.25) is 0 Å². The molecule has 3 aromatic heterocycles. The van der Waals surface area contributed by atoms with Crippen molar-refractivity contribution in [3.63, 3.8) is 0 Å². The molecule has 0 radical (unpaired) electrons. The van der Waals surface area contributed by atoms with Gasteiger partial charge < -0.3 is 20.6 Å². The maximum Gasteiger partial charge on any atom is 0.252 e. The third-order valence-corrected chi connectivity index (χ3v) is 6.48. The summed E-state index contributed by atoms with van der Waals surface area (Å²) >= 11 is 0. The van der Waals surface area contributed by atoms with Gasteiger partial charge in [-0.05, 0) is 43.9 Å². The van der Waals surface area contributed by atoms with Gasteiger partial charge in [0.25, 0.3) is 5.91 Å². The highest BCUT2D eigenvalue weighted by Gasteiger charge is 2.41. The zero-order valence-corrected chi connectivity index (χ0v) is 16.1. The Kier molecular flexibility index (Phi) is 4.12. The highest BCUT2D eigenvalue weighted by Crippen LogP contribution is 2.39. The third kappa shape index (κ3) is 2.86. The van der Waals surface area contributed by atoms with Crippen LogP contribution in [0.1, 0.15) is 41.7 Å². The van der Waals surface area contributed by atoms with Gasteiger partial charge in [0.15, 0.2) is 0 Å². The van der Waals surface area contributed by atoms with Crippen LogP contribution in [0.25, 0.3) is 11.0 Å². The fraction of sp³-hybridized carbons (Fsp3) is 0.429. The second kappa shape index (κ2) is 6.67. The maximum atomic E-state index is 12.0. The Labute approximate surface area is 163 Å². The summed E-state index contributed by atoms with van der Waals surface area (Å²) in [7, 11) is 2.11. The van der Waals surface area contributed by atoms with Crippen LogP contribution in [0.15, 0.2) is 36.8 Å². The minimum atomic E-state index is -0.442. The summed E-state index contributed by atoms with van der Waals surface area (Å²) in [6.45, 7) is 1.01. The number of H-pyrrole nitrogens is 1. The van der Waals surface area contributed by atoms with Gasteiger partial charge in [-0.25, -0.2) is 4.98 Å². The fourth-order valence-corrected chi connectivity index (χ4v) is 5.05. The molecule has 0 spiro atoms. The molecule has 2 atom stereocenters. The lowest BCUT2D eigenvalue weighted by Gasteiger charge is -2.39. The molecule has 2 aliphatic rings. The lowest BCUT2D eigenvalue weighted by molar-refractivity contribution is 0.100. The van der Waals surface area contributed by atoms with Crippen LogP contribution < -0.4 is 11.1 Å². The summed E-state index contributed by atoms with van der Waals surface area (Å²) in [4.78, 5) is 22.1. The molecule has 0 aliphatic carbocycles. The molecule has 4 N–H and O–H groups in total. The van der Waals surface area contributed by atoms with Gasteiger partial charge in [-0.15, -0.1) is 0 Å². The number of nitrogens with one attached hydrogen (secondary N) is 2. The number of piperidine rings is 1. The van der Waals surface area contributed by atoms with Crippen LogP contribution in [-0.4, -0.2) is 43.5 Å². The van der Waals surface area contributed by atoms with E-state index in [4.69, 9.17) is 5.73 Å². The van der Waals surface area contributed by atoms with Crippen molar-refractivity contribution in [2.24, 2.45) is 12.8 Å². The molecule has 0 saturated carbocycles. The van der Waals surface area contributed by atoms with Gasteiger partial charge in [-0.2, -0.15) is 0 Å². The number of carbonyl (C=O) groups excluding carboxylic acids is 1. The average Bonchev–Trinajstić information content (AvgIpc) is 3.35. The molecule has 2 bridgehead atoms. The van der Waals surface area contributed by atoms with Gasteiger partial charge in [-0.1, -0.05) is 0 Å². The van der Waals surface area contributed by atoms with Gasteiger partial charge in [0, 0.05) is 61.4 Å². The molecule has 5 heterocycles. The number of nitrogens with two attached hydrogens (primary N) is 1. The number of rotatable bonds is 5. The van der Waals surface area contributed by atoms with E-state index in [-0.39, 0.29) is 0 Å². The highest BCUT2D eigenvalue weighted by molar-refractivity contribution is 6.05. The van der Waals surface area contributed by atoms with Crippen molar-refractivity contribution in [2.75, 3.05) is 5.32 Å². The van der Waals surface area contributed by atoms with Gasteiger partial charge in [0.1, 0.15) is 5.65 Å². The fourth-order valence-electron chi connectivity index (χ4n) is 5.05. The number of carbonyl (C=O) groups is 1. The number of pyridine rings is 1. The second-order valence-electron chi connectivity index (χ2n) is 8.13. The summed E-state index contributed by atoms with van der Waals surface area (Å²) in [5, 5.41) is 4.58. The Bertz CT molecular complexity index is 1010. The van der Waals surface area contributed by atoms with E-state index in [0.717, 1.165) is 36.1 Å². The van der Waals surface area contributed by atoms with Crippen LogP contribution in [0.4, 0.5) is 5.69 Å². The van der Waals surface area contributed by atoms with Crippen LogP contribution >= 0.6 is 0 Å². The maximum absolute atomic E-state index is 12.0. The number of nitrogens with zero attached hydrogens (tertiary/aromatic N) is 3. The SMILES string of the molecule is Cn1cccc1CN1[C@H]2CC[C@H]1CC(Nc1c(C(N)=O)cnc3[nH]ccc13)C2. The predicted octanol–water partition coefficient (Wildman–Crippen LogP) is 2.61. The van der Waals surface area contributed by atoms with Crippen LogP contribution in [0.3, 0.4) is 0 Å². The number of aromatic amines is 1. The topological polar surface area (TPSA) is 92.0 Å². The molecule has 5 rings (SSSR count). The van der Waals surface area contributed by atoms with Crippen molar-refractivity contribution in [3.8, 4) is 0 Å². The van der Waals surface area contributed by atoms with E-state index >= 15 is 0 Å². The van der Waals surface area contributed by atoms with Gasteiger partial charge in [-0.3, -0.25) is 9.69 Å². The minimum absolute atomic E-state index is 0.334. The molecule has 2 saturated heterocycles. The van der Waals surface area contributed by atoms with Crippen LogP contribution in [0, 0.1) is 0 Å². The van der Waals surface area contributed by atoms with Crippen molar-refractivity contribution in [1.29, 1.82) is 0 Å². The summed E-state index contributed by atoms with van der Waals surface area (Å²) < 4.78 is 2.21.